The van der Waals surface area contributed by atoms with Crippen LogP contribution in [-0.2, 0) is 12.4 Å². The third kappa shape index (κ3) is 4.68. The van der Waals surface area contributed by atoms with Crippen molar-refractivity contribution in [3.8, 4) is 11.4 Å². The normalized spacial score (nSPS) is 11.9. The molecule has 1 N–H and O–H groups in total. The van der Waals surface area contributed by atoms with Gasteiger partial charge in [0.1, 0.15) is 0 Å². The largest absolute Gasteiger partial charge is 0.437 e. The van der Waals surface area contributed by atoms with E-state index in [1.807, 2.05) is 5.32 Å². The minimum absolute atomic E-state index is 0.0768. The molecule has 0 fully saturated rings. The predicted octanol–water partition coefficient (Wildman–Crippen LogP) is 5.52. The maximum atomic E-state index is 13.5. The first-order valence-corrected chi connectivity index (χ1v) is 7.92. The van der Waals surface area contributed by atoms with Gasteiger partial charge in [0.25, 0.3) is 0 Å². The number of ether oxygens (including phenoxy) is 1. The number of aromatic nitrogens is 2. The van der Waals surface area contributed by atoms with E-state index in [-0.39, 0.29) is 11.4 Å². The van der Waals surface area contributed by atoms with Crippen molar-refractivity contribution in [2.24, 2.45) is 0 Å². The van der Waals surface area contributed by atoms with Crippen molar-refractivity contribution in [1.29, 1.82) is 0 Å². The Morgan fingerprint density at radius 2 is 1.62 bits per heavy atom. The maximum absolute atomic E-state index is 13.5. The van der Waals surface area contributed by atoms with E-state index in [0.717, 1.165) is 18.2 Å². The number of halogens is 6. The van der Waals surface area contributed by atoms with Gasteiger partial charge in [-0.25, -0.2) is 9.48 Å². The van der Waals surface area contributed by atoms with Crippen LogP contribution in [0.25, 0.3) is 5.69 Å². The molecule has 0 aliphatic heterocycles. The van der Waals surface area contributed by atoms with Gasteiger partial charge >= 0.3 is 18.4 Å². The Balaban J connectivity index is 1.85. The molecule has 1 heterocycles. The van der Waals surface area contributed by atoms with Crippen molar-refractivity contribution in [2.75, 3.05) is 5.32 Å². The summed E-state index contributed by atoms with van der Waals surface area (Å²) in [6, 6.07) is 10.9. The van der Waals surface area contributed by atoms with Crippen molar-refractivity contribution < 1.29 is 35.9 Å². The predicted molar refractivity (Wildman–Crippen MR) is 89.7 cm³/mol. The van der Waals surface area contributed by atoms with E-state index in [2.05, 4.69) is 9.84 Å². The zero-order valence-corrected chi connectivity index (χ0v) is 14.3. The molecule has 29 heavy (non-hydrogen) atoms. The van der Waals surface area contributed by atoms with E-state index >= 15 is 0 Å². The molecule has 0 unspecified atom stereocenters. The first-order chi connectivity index (χ1) is 13.6. The molecule has 11 heteroatoms. The van der Waals surface area contributed by atoms with Gasteiger partial charge in [0.2, 0.25) is 0 Å². The Labute approximate surface area is 159 Å². The third-order valence-electron chi connectivity index (χ3n) is 3.64. The van der Waals surface area contributed by atoms with E-state index in [4.69, 9.17) is 0 Å². The second kappa shape index (κ2) is 7.49. The van der Waals surface area contributed by atoms with Crippen LogP contribution >= 0.6 is 0 Å². The number of benzene rings is 2. The summed E-state index contributed by atoms with van der Waals surface area (Å²) in [6.07, 6.45) is -10.3. The zero-order chi connectivity index (χ0) is 21.2. The molecule has 3 aromatic rings. The van der Waals surface area contributed by atoms with Gasteiger partial charge in [0, 0.05) is 5.69 Å². The first-order valence-electron chi connectivity index (χ1n) is 7.92. The number of carbonyl (C=O) groups excluding carboxylic acids is 1. The molecule has 0 bridgehead atoms. The van der Waals surface area contributed by atoms with Crippen LogP contribution in [0.5, 0.6) is 5.75 Å². The highest BCUT2D eigenvalue weighted by atomic mass is 19.4. The lowest BCUT2D eigenvalue weighted by Crippen LogP contribution is -2.20. The minimum Gasteiger partial charge on any atom is -0.406 e. The van der Waals surface area contributed by atoms with Crippen LogP contribution in [0.4, 0.5) is 36.8 Å². The summed E-state index contributed by atoms with van der Waals surface area (Å²) in [7, 11) is 0. The standard InChI is InChI=1S/C18H11F6N3O2/c19-17(20,21)11-5-4-6-12(9-11)26-16(28)29-14-10-25-27(15(14)18(22,23)24)13-7-2-1-3-8-13/h1-10H,(H,26,28). The van der Waals surface area contributed by atoms with Gasteiger partial charge in [-0.2, -0.15) is 31.4 Å². The summed E-state index contributed by atoms with van der Waals surface area (Å²) in [5.74, 6) is -0.897. The van der Waals surface area contributed by atoms with Gasteiger partial charge in [-0.1, -0.05) is 24.3 Å². The van der Waals surface area contributed by atoms with Gasteiger partial charge in [-0.3, -0.25) is 5.32 Å². The highest BCUT2D eigenvalue weighted by Gasteiger charge is 2.40. The smallest absolute Gasteiger partial charge is 0.406 e. The van der Waals surface area contributed by atoms with Crippen LogP contribution in [0.1, 0.15) is 11.3 Å². The van der Waals surface area contributed by atoms with Gasteiger partial charge in [-0.05, 0) is 30.3 Å². The highest BCUT2D eigenvalue weighted by Crippen LogP contribution is 2.38. The molecule has 1 aromatic heterocycles. The highest BCUT2D eigenvalue weighted by molar-refractivity contribution is 5.86. The van der Waals surface area contributed by atoms with E-state index in [0.29, 0.717) is 16.9 Å². The second-order valence-corrected chi connectivity index (χ2v) is 5.70. The zero-order valence-electron chi connectivity index (χ0n) is 14.3. The number of alkyl halides is 6. The van der Waals surface area contributed by atoms with Crippen LogP contribution in [0.3, 0.4) is 0 Å². The first kappa shape index (κ1) is 20.2. The molecule has 5 nitrogen and oxygen atoms in total. The Bertz CT molecular complexity index is 1010. The van der Waals surface area contributed by atoms with Gasteiger partial charge in [0.15, 0.2) is 11.4 Å². The quantitative estimate of drug-likeness (QED) is 0.573. The van der Waals surface area contributed by atoms with Gasteiger partial charge < -0.3 is 4.74 Å². The number of nitrogens with zero attached hydrogens (tertiary/aromatic N) is 2. The monoisotopic (exact) mass is 415 g/mol. The van der Waals surface area contributed by atoms with E-state index in [1.54, 1.807) is 6.07 Å². The molecule has 3 rings (SSSR count). The van der Waals surface area contributed by atoms with Crippen molar-refractivity contribution in [3.63, 3.8) is 0 Å². The fraction of sp³-hybridized carbons (Fsp3) is 0.111. The van der Waals surface area contributed by atoms with Gasteiger partial charge in [-0.15, -0.1) is 0 Å². The SMILES string of the molecule is O=C(Nc1cccc(C(F)(F)F)c1)Oc1cnn(-c2ccccc2)c1C(F)(F)F. The lowest BCUT2D eigenvalue weighted by atomic mass is 10.2. The third-order valence-corrected chi connectivity index (χ3v) is 3.64. The van der Waals surface area contributed by atoms with Crippen LogP contribution in [0.15, 0.2) is 60.8 Å². The van der Waals surface area contributed by atoms with Crippen LogP contribution < -0.4 is 10.1 Å². The summed E-state index contributed by atoms with van der Waals surface area (Å²) in [6.45, 7) is 0. The number of carbonyl (C=O) groups is 1. The number of hydrogen-bond donors (Lipinski definition) is 1. The Kier molecular flexibility index (Phi) is 5.23. The average Bonchev–Trinajstić information content (AvgIpc) is 3.06. The van der Waals surface area contributed by atoms with Crippen LogP contribution in [0.2, 0.25) is 0 Å². The van der Waals surface area contributed by atoms with Crippen molar-refractivity contribution in [3.05, 3.63) is 72.1 Å². The van der Waals surface area contributed by atoms with Crippen LogP contribution in [-0.4, -0.2) is 15.9 Å². The Morgan fingerprint density at radius 1 is 0.931 bits per heavy atom. The molecular weight excluding hydrogens is 404 g/mol. The number of nitrogens with one attached hydrogen (secondary N) is 1. The number of para-hydroxylation sites is 1. The summed E-state index contributed by atoms with van der Waals surface area (Å²) in [4.78, 5) is 11.9. The minimum atomic E-state index is -4.92. The van der Waals surface area contributed by atoms with Crippen molar-refractivity contribution >= 4 is 11.8 Å². The fourth-order valence-corrected chi connectivity index (χ4v) is 2.45. The van der Waals surface area contributed by atoms with Crippen molar-refractivity contribution in [1.82, 2.24) is 9.78 Å². The molecule has 0 atom stereocenters. The molecule has 0 aliphatic carbocycles. The van der Waals surface area contributed by atoms with E-state index in [1.165, 1.54) is 24.3 Å². The van der Waals surface area contributed by atoms with Gasteiger partial charge in [0.05, 0.1) is 17.4 Å². The summed E-state index contributed by atoms with van der Waals surface area (Å²) < 4.78 is 83.9. The molecular formula is C18H11F6N3O2. The lowest BCUT2D eigenvalue weighted by molar-refractivity contribution is -0.143. The maximum Gasteiger partial charge on any atom is 0.437 e. The molecule has 0 saturated heterocycles. The number of hydrogen-bond acceptors (Lipinski definition) is 3. The molecule has 0 saturated carbocycles. The Hall–Kier alpha value is -3.50. The van der Waals surface area contributed by atoms with E-state index in [9.17, 15) is 31.1 Å². The van der Waals surface area contributed by atoms with Crippen molar-refractivity contribution in [2.45, 2.75) is 12.4 Å². The number of anilines is 1. The molecule has 152 valence electrons. The number of amides is 1. The lowest BCUT2D eigenvalue weighted by Gasteiger charge is -2.13. The van der Waals surface area contributed by atoms with Crippen LogP contribution in [0, 0.1) is 0 Å². The van der Waals surface area contributed by atoms with E-state index < -0.39 is 35.5 Å². The second-order valence-electron chi connectivity index (χ2n) is 5.70. The summed E-state index contributed by atoms with van der Waals surface area (Å²) >= 11 is 0. The molecule has 0 radical (unpaired) electrons. The molecule has 0 aliphatic rings. The molecule has 0 spiro atoms. The summed E-state index contributed by atoms with van der Waals surface area (Å²) in [5.41, 5.74) is -2.60. The summed E-state index contributed by atoms with van der Waals surface area (Å²) in [5, 5.41) is 5.57. The molecule has 2 aromatic carbocycles. The molecule has 1 amide bonds. The number of rotatable bonds is 3. The Morgan fingerprint density at radius 3 is 2.24 bits per heavy atom. The fourth-order valence-electron chi connectivity index (χ4n) is 2.45. The topological polar surface area (TPSA) is 56.1 Å². The average molecular weight is 415 g/mol.